The summed E-state index contributed by atoms with van der Waals surface area (Å²) in [6, 6.07) is 1.63. The Morgan fingerprint density at radius 1 is 1.20 bits per heavy atom. The standard InChI is InChI=1S/C13H12Br2N2O3/c1-4-2-7(16-20-4)17-12(18)8-5-3-6(9(8)13(17)19)11(15)10(5)14/h2,5-6,8-11H,3H2,1H3/t5-,6-,8-,9-,10+,11+/m1/s1. The van der Waals surface area contributed by atoms with Gasteiger partial charge in [-0.05, 0) is 25.2 Å². The molecule has 2 aliphatic carbocycles. The van der Waals surface area contributed by atoms with Crippen LogP contribution in [-0.4, -0.2) is 26.6 Å². The number of rotatable bonds is 1. The van der Waals surface area contributed by atoms with Gasteiger partial charge in [-0.2, -0.15) is 0 Å². The number of anilines is 1. The Balaban J connectivity index is 1.74. The molecule has 2 bridgehead atoms. The molecule has 7 heteroatoms. The van der Waals surface area contributed by atoms with Gasteiger partial charge >= 0.3 is 0 Å². The van der Waals surface area contributed by atoms with Gasteiger partial charge in [0.1, 0.15) is 5.76 Å². The number of imide groups is 1. The first kappa shape index (κ1) is 13.0. The zero-order chi connectivity index (χ0) is 14.2. The van der Waals surface area contributed by atoms with E-state index in [9.17, 15) is 9.59 Å². The third-order valence-electron chi connectivity index (χ3n) is 4.83. The van der Waals surface area contributed by atoms with Gasteiger partial charge in [-0.15, -0.1) is 0 Å². The predicted molar refractivity (Wildman–Crippen MR) is 77.7 cm³/mol. The van der Waals surface area contributed by atoms with Crippen molar-refractivity contribution < 1.29 is 14.1 Å². The van der Waals surface area contributed by atoms with E-state index < -0.39 is 0 Å². The van der Waals surface area contributed by atoms with Crippen molar-refractivity contribution in [2.24, 2.45) is 23.7 Å². The third-order valence-corrected chi connectivity index (χ3v) is 8.04. The number of alkyl halides is 2. The van der Waals surface area contributed by atoms with Crippen LogP contribution in [0.3, 0.4) is 0 Å². The molecule has 4 rings (SSSR count). The second-order valence-corrected chi connectivity index (χ2v) is 7.93. The zero-order valence-electron chi connectivity index (χ0n) is 10.6. The molecule has 1 aromatic heterocycles. The van der Waals surface area contributed by atoms with Crippen molar-refractivity contribution in [1.82, 2.24) is 5.16 Å². The molecular weight excluding hydrogens is 392 g/mol. The molecular formula is C13H12Br2N2O3. The Morgan fingerprint density at radius 3 is 2.20 bits per heavy atom. The number of nitrogens with zero attached hydrogens (tertiary/aromatic N) is 2. The van der Waals surface area contributed by atoms with Gasteiger partial charge in [-0.3, -0.25) is 9.59 Å². The maximum Gasteiger partial charge on any atom is 0.239 e. The lowest BCUT2D eigenvalue weighted by Crippen LogP contribution is -2.37. The molecule has 0 N–H and O–H groups in total. The van der Waals surface area contributed by atoms with Gasteiger partial charge in [0.15, 0.2) is 5.82 Å². The minimum absolute atomic E-state index is 0.121. The van der Waals surface area contributed by atoms with E-state index in [0.717, 1.165) is 6.42 Å². The summed E-state index contributed by atoms with van der Waals surface area (Å²) < 4.78 is 4.99. The second-order valence-electron chi connectivity index (χ2n) is 5.81. The van der Waals surface area contributed by atoms with Crippen LogP contribution in [0.25, 0.3) is 0 Å². The van der Waals surface area contributed by atoms with Crippen LogP contribution in [0.15, 0.2) is 10.6 Å². The molecule has 0 radical (unpaired) electrons. The summed E-state index contributed by atoms with van der Waals surface area (Å²) in [6.45, 7) is 1.75. The van der Waals surface area contributed by atoms with Gasteiger partial charge in [0.05, 0.1) is 11.8 Å². The second kappa shape index (κ2) is 4.16. The number of hydrogen-bond donors (Lipinski definition) is 0. The van der Waals surface area contributed by atoms with Crippen molar-refractivity contribution in [3.63, 3.8) is 0 Å². The first-order valence-electron chi connectivity index (χ1n) is 6.60. The van der Waals surface area contributed by atoms with E-state index >= 15 is 0 Å². The van der Waals surface area contributed by atoms with Crippen LogP contribution in [0.2, 0.25) is 0 Å². The third kappa shape index (κ3) is 1.45. The number of carbonyl (C=O) groups excluding carboxylic acids is 2. The smallest absolute Gasteiger partial charge is 0.239 e. The fourth-order valence-electron chi connectivity index (χ4n) is 4.03. The van der Waals surface area contributed by atoms with E-state index in [4.69, 9.17) is 4.52 Å². The largest absolute Gasteiger partial charge is 0.360 e. The van der Waals surface area contributed by atoms with Gasteiger partial charge < -0.3 is 4.52 Å². The SMILES string of the molecule is Cc1cc(N2C(=O)[C@@H]3[C@H]4C[C@@H]([C@H](Br)[C@H]4Br)[C@H]3C2=O)no1. The summed E-state index contributed by atoms with van der Waals surface area (Å²) in [6.07, 6.45) is 0.935. The monoisotopic (exact) mass is 402 g/mol. The molecule has 6 atom stereocenters. The van der Waals surface area contributed by atoms with Crippen LogP contribution >= 0.6 is 31.9 Å². The summed E-state index contributed by atoms with van der Waals surface area (Å²) in [4.78, 5) is 27.0. The molecule has 20 heavy (non-hydrogen) atoms. The van der Waals surface area contributed by atoms with Crippen LogP contribution < -0.4 is 4.90 Å². The average molecular weight is 404 g/mol. The van der Waals surface area contributed by atoms with Crippen molar-refractivity contribution in [2.75, 3.05) is 4.90 Å². The number of amides is 2. The first-order valence-corrected chi connectivity index (χ1v) is 8.43. The van der Waals surface area contributed by atoms with Crippen molar-refractivity contribution in [2.45, 2.75) is 23.0 Å². The van der Waals surface area contributed by atoms with Crippen molar-refractivity contribution in [3.05, 3.63) is 11.8 Å². The Morgan fingerprint density at radius 2 is 1.75 bits per heavy atom. The molecule has 106 valence electrons. The van der Waals surface area contributed by atoms with E-state index in [2.05, 4.69) is 37.0 Å². The van der Waals surface area contributed by atoms with Crippen molar-refractivity contribution >= 4 is 49.5 Å². The van der Waals surface area contributed by atoms with Gasteiger partial charge in [0.25, 0.3) is 0 Å². The van der Waals surface area contributed by atoms with E-state index in [1.165, 1.54) is 4.90 Å². The summed E-state index contributed by atoms with van der Waals surface area (Å²) in [5.74, 6) is 0.716. The molecule has 0 spiro atoms. The topological polar surface area (TPSA) is 63.4 Å². The maximum atomic E-state index is 12.6. The molecule has 3 fully saturated rings. The first-order chi connectivity index (χ1) is 9.50. The molecule has 3 aliphatic rings. The molecule has 5 nitrogen and oxygen atoms in total. The lowest BCUT2D eigenvalue weighted by atomic mass is 9.81. The number of hydrogen-bond acceptors (Lipinski definition) is 4. The Hall–Kier alpha value is -0.690. The number of halogens is 2. The fourth-order valence-corrected chi connectivity index (χ4v) is 5.91. The molecule has 2 heterocycles. The maximum absolute atomic E-state index is 12.6. The predicted octanol–water partition coefficient (Wildman–Crippen LogP) is 2.27. The Kier molecular flexibility index (Phi) is 2.71. The minimum atomic E-state index is -0.206. The summed E-state index contributed by atoms with van der Waals surface area (Å²) in [5, 5.41) is 3.82. The fraction of sp³-hybridized carbons (Fsp3) is 0.615. The molecule has 2 saturated carbocycles. The Bertz CT molecular complexity index is 585. The lowest BCUT2D eigenvalue weighted by molar-refractivity contribution is -0.123. The van der Waals surface area contributed by atoms with Crippen LogP contribution in [0.4, 0.5) is 5.82 Å². The molecule has 0 aromatic carbocycles. The summed E-state index contributed by atoms with van der Waals surface area (Å²) >= 11 is 7.32. The van der Waals surface area contributed by atoms with Gasteiger partial charge in [0.2, 0.25) is 11.8 Å². The van der Waals surface area contributed by atoms with E-state index in [1.807, 2.05) is 0 Å². The highest BCUT2D eigenvalue weighted by Crippen LogP contribution is 2.60. The lowest BCUT2D eigenvalue weighted by Gasteiger charge is -2.28. The Labute approximate surface area is 132 Å². The quantitative estimate of drug-likeness (QED) is 0.533. The highest BCUT2D eigenvalue weighted by molar-refractivity contribution is 9.12. The molecule has 1 saturated heterocycles. The van der Waals surface area contributed by atoms with Crippen molar-refractivity contribution in [1.29, 1.82) is 0 Å². The van der Waals surface area contributed by atoms with Crippen LogP contribution in [0, 0.1) is 30.6 Å². The molecule has 1 aliphatic heterocycles. The van der Waals surface area contributed by atoms with Crippen LogP contribution in [0.5, 0.6) is 0 Å². The molecule has 2 amide bonds. The van der Waals surface area contributed by atoms with E-state index in [-0.39, 0.29) is 45.1 Å². The van der Waals surface area contributed by atoms with Crippen LogP contribution in [-0.2, 0) is 9.59 Å². The number of fused-ring (bicyclic) bond motifs is 5. The minimum Gasteiger partial charge on any atom is -0.360 e. The molecule has 1 aromatic rings. The van der Waals surface area contributed by atoms with Gasteiger partial charge in [-0.1, -0.05) is 37.0 Å². The van der Waals surface area contributed by atoms with Gasteiger partial charge in [-0.25, -0.2) is 4.90 Å². The van der Waals surface area contributed by atoms with Gasteiger partial charge in [0, 0.05) is 15.7 Å². The zero-order valence-corrected chi connectivity index (χ0v) is 13.8. The molecule has 0 unspecified atom stereocenters. The summed E-state index contributed by atoms with van der Waals surface area (Å²) in [5.41, 5.74) is 0. The summed E-state index contributed by atoms with van der Waals surface area (Å²) in [7, 11) is 0. The van der Waals surface area contributed by atoms with Crippen molar-refractivity contribution in [3.8, 4) is 0 Å². The average Bonchev–Trinajstić information content (AvgIpc) is 3.10. The highest BCUT2D eigenvalue weighted by Gasteiger charge is 2.66. The normalized spacial score (nSPS) is 42.6. The number of aromatic nitrogens is 1. The van der Waals surface area contributed by atoms with E-state index in [1.54, 1.807) is 13.0 Å². The van der Waals surface area contributed by atoms with Crippen LogP contribution in [0.1, 0.15) is 12.2 Å². The van der Waals surface area contributed by atoms with E-state index in [0.29, 0.717) is 11.6 Å². The number of carbonyl (C=O) groups is 2. The highest BCUT2D eigenvalue weighted by atomic mass is 79.9. The number of aryl methyl sites for hydroxylation is 1.